The molecule has 1 aliphatic heterocycles. The first-order valence-corrected chi connectivity index (χ1v) is 11.9. The third-order valence-corrected chi connectivity index (χ3v) is 6.62. The van der Waals surface area contributed by atoms with Gasteiger partial charge < -0.3 is 4.74 Å². The summed E-state index contributed by atoms with van der Waals surface area (Å²) in [5.74, 6) is -0.284. The topological polar surface area (TPSA) is 36.0 Å². The SMILES string of the molecule is CCN(CC)Cc1cccc(CN2C[C@@H](C)N(Cc3ccc(C(=O)OC)cc3)[C@@H](C)C2)c1. The van der Waals surface area contributed by atoms with Crippen molar-refractivity contribution in [2.45, 2.75) is 59.4 Å². The number of piperazine rings is 1. The molecule has 0 spiro atoms. The van der Waals surface area contributed by atoms with Gasteiger partial charge in [-0.05, 0) is 55.8 Å². The minimum atomic E-state index is -0.284. The van der Waals surface area contributed by atoms with Crippen LogP contribution in [0.15, 0.2) is 48.5 Å². The van der Waals surface area contributed by atoms with E-state index in [0.29, 0.717) is 17.6 Å². The molecule has 2 aromatic rings. The highest BCUT2D eigenvalue weighted by molar-refractivity contribution is 5.89. The molecule has 5 nitrogen and oxygen atoms in total. The van der Waals surface area contributed by atoms with Crippen molar-refractivity contribution >= 4 is 5.97 Å². The molecular weight excluding hydrogens is 398 g/mol. The molecule has 5 heteroatoms. The molecule has 174 valence electrons. The van der Waals surface area contributed by atoms with Gasteiger partial charge in [0.25, 0.3) is 0 Å². The number of ether oxygens (including phenoxy) is 1. The van der Waals surface area contributed by atoms with Gasteiger partial charge in [-0.25, -0.2) is 4.79 Å². The molecule has 0 aromatic heterocycles. The molecule has 0 N–H and O–H groups in total. The molecule has 1 aliphatic rings. The number of hydrogen-bond acceptors (Lipinski definition) is 5. The zero-order valence-electron chi connectivity index (χ0n) is 20.4. The van der Waals surface area contributed by atoms with Crippen LogP contribution in [0.2, 0.25) is 0 Å². The summed E-state index contributed by atoms with van der Waals surface area (Å²) in [6, 6.07) is 17.8. The van der Waals surface area contributed by atoms with Crippen LogP contribution in [0.3, 0.4) is 0 Å². The molecule has 0 unspecified atom stereocenters. The van der Waals surface area contributed by atoms with E-state index in [-0.39, 0.29) is 5.97 Å². The maximum atomic E-state index is 11.7. The van der Waals surface area contributed by atoms with E-state index in [1.54, 1.807) is 0 Å². The third-order valence-electron chi connectivity index (χ3n) is 6.62. The zero-order valence-corrected chi connectivity index (χ0v) is 20.4. The lowest BCUT2D eigenvalue weighted by molar-refractivity contribution is 0.0290. The Morgan fingerprint density at radius 2 is 1.56 bits per heavy atom. The van der Waals surface area contributed by atoms with Gasteiger partial charge in [0.2, 0.25) is 0 Å². The standard InChI is InChI=1S/C27H39N3O2/c1-6-28(7-2)18-24-9-8-10-25(15-24)19-29-16-21(3)30(22(4)17-29)20-23-11-13-26(14-12-23)27(31)32-5/h8-15,21-22H,6-7,16-20H2,1-5H3/t21-,22+. The van der Waals surface area contributed by atoms with Crippen LogP contribution in [0.1, 0.15) is 54.7 Å². The molecule has 1 saturated heterocycles. The third kappa shape index (κ3) is 6.41. The number of nitrogens with zero attached hydrogens (tertiary/aromatic N) is 3. The summed E-state index contributed by atoms with van der Waals surface area (Å²) in [4.78, 5) is 19.3. The van der Waals surface area contributed by atoms with E-state index in [0.717, 1.165) is 45.8 Å². The van der Waals surface area contributed by atoms with Crippen molar-refractivity contribution in [3.63, 3.8) is 0 Å². The fourth-order valence-corrected chi connectivity index (χ4v) is 4.77. The highest BCUT2D eigenvalue weighted by Crippen LogP contribution is 2.21. The summed E-state index contributed by atoms with van der Waals surface area (Å²) < 4.78 is 4.80. The molecule has 0 amide bonds. The summed E-state index contributed by atoms with van der Waals surface area (Å²) in [6.45, 7) is 16.3. The molecule has 1 fully saturated rings. The maximum Gasteiger partial charge on any atom is 0.337 e. The second kappa shape index (κ2) is 11.6. The Hall–Kier alpha value is -2.21. The van der Waals surface area contributed by atoms with E-state index >= 15 is 0 Å². The number of esters is 1. The summed E-state index contributed by atoms with van der Waals surface area (Å²) >= 11 is 0. The van der Waals surface area contributed by atoms with E-state index < -0.39 is 0 Å². The summed E-state index contributed by atoms with van der Waals surface area (Å²) in [5.41, 5.74) is 4.64. The molecule has 2 atom stereocenters. The van der Waals surface area contributed by atoms with Gasteiger partial charge >= 0.3 is 5.97 Å². The number of methoxy groups -OCH3 is 1. The van der Waals surface area contributed by atoms with Gasteiger partial charge in [0.05, 0.1) is 12.7 Å². The molecule has 32 heavy (non-hydrogen) atoms. The Bertz CT molecular complexity index is 851. The zero-order chi connectivity index (χ0) is 23.1. The van der Waals surface area contributed by atoms with Crippen molar-refractivity contribution in [1.29, 1.82) is 0 Å². The van der Waals surface area contributed by atoms with Crippen LogP contribution < -0.4 is 0 Å². The molecule has 0 radical (unpaired) electrons. The van der Waals surface area contributed by atoms with E-state index in [9.17, 15) is 4.79 Å². The second-order valence-corrected chi connectivity index (χ2v) is 9.03. The first kappa shape index (κ1) is 24.4. The normalized spacial score (nSPS) is 19.9. The molecule has 2 aromatic carbocycles. The first-order chi connectivity index (χ1) is 15.4. The Kier molecular flexibility index (Phi) is 8.85. The lowest BCUT2D eigenvalue weighted by atomic mass is 10.0. The van der Waals surface area contributed by atoms with Gasteiger partial charge in [0, 0.05) is 44.8 Å². The van der Waals surface area contributed by atoms with Gasteiger partial charge in [-0.3, -0.25) is 14.7 Å². The predicted octanol–water partition coefficient (Wildman–Crippen LogP) is 4.41. The van der Waals surface area contributed by atoms with Crippen LogP contribution in [0, 0.1) is 0 Å². The number of rotatable bonds is 9. The second-order valence-electron chi connectivity index (χ2n) is 9.03. The van der Waals surface area contributed by atoms with E-state index in [2.05, 4.69) is 66.7 Å². The van der Waals surface area contributed by atoms with Crippen molar-refractivity contribution in [2.75, 3.05) is 33.3 Å². The van der Waals surface area contributed by atoms with E-state index in [1.165, 1.54) is 23.8 Å². The summed E-state index contributed by atoms with van der Waals surface area (Å²) in [6.07, 6.45) is 0. The predicted molar refractivity (Wildman–Crippen MR) is 131 cm³/mol. The minimum absolute atomic E-state index is 0.284. The van der Waals surface area contributed by atoms with Gasteiger partial charge in [-0.1, -0.05) is 50.2 Å². The fourth-order valence-electron chi connectivity index (χ4n) is 4.77. The number of hydrogen-bond donors (Lipinski definition) is 0. The van der Waals surface area contributed by atoms with Crippen LogP contribution in [0.4, 0.5) is 0 Å². The number of benzene rings is 2. The van der Waals surface area contributed by atoms with Crippen LogP contribution in [0.25, 0.3) is 0 Å². The fraction of sp³-hybridized carbons (Fsp3) is 0.519. The largest absolute Gasteiger partial charge is 0.465 e. The summed E-state index contributed by atoms with van der Waals surface area (Å²) in [5, 5.41) is 0. The average Bonchev–Trinajstić information content (AvgIpc) is 2.80. The van der Waals surface area contributed by atoms with E-state index in [4.69, 9.17) is 4.74 Å². The molecule has 0 bridgehead atoms. The quantitative estimate of drug-likeness (QED) is 0.543. The van der Waals surface area contributed by atoms with Gasteiger partial charge in [0.1, 0.15) is 0 Å². The highest BCUT2D eigenvalue weighted by Gasteiger charge is 2.29. The summed E-state index contributed by atoms with van der Waals surface area (Å²) in [7, 11) is 1.42. The number of carbonyl (C=O) groups is 1. The first-order valence-electron chi connectivity index (χ1n) is 11.9. The van der Waals surface area contributed by atoms with Gasteiger partial charge in [-0.15, -0.1) is 0 Å². The minimum Gasteiger partial charge on any atom is -0.465 e. The molecule has 3 rings (SSSR count). The lowest BCUT2D eigenvalue weighted by Gasteiger charge is -2.44. The Morgan fingerprint density at radius 1 is 0.938 bits per heavy atom. The van der Waals surface area contributed by atoms with Crippen LogP contribution in [0.5, 0.6) is 0 Å². The van der Waals surface area contributed by atoms with E-state index in [1.807, 2.05) is 24.3 Å². The van der Waals surface area contributed by atoms with Gasteiger partial charge in [-0.2, -0.15) is 0 Å². The van der Waals surface area contributed by atoms with Crippen molar-refractivity contribution in [1.82, 2.24) is 14.7 Å². The average molecular weight is 438 g/mol. The van der Waals surface area contributed by atoms with Crippen molar-refractivity contribution < 1.29 is 9.53 Å². The smallest absolute Gasteiger partial charge is 0.337 e. The van der Waals surface area contributed by atoms with Crippen LogP contribution >= 0.6 is 0 Å². The Balaban J connectivity index is 1.58. The maximum absolute atomic E-state index is 11.7. The Labute approximate surface area is 194 Å². The van der Waals surface area contributed by atoms with Crippen molar-refractivity contribution in [3.05, 3.63) is 70.8 Å². The van der Waals surface area contributed by atoms with Gasteiger partial charge in [0.15, 0.2) is 0 Å². The van der Waals surface area contributed by atoms with Crippen molar-refractivity contribution in [2.24, 2.45) is 0 Å². The molecule has 1 heterocycles. The highest BCUT2D eigenvalue weighted by atomic mass is 16.5. The van der Waals surface area contributed by atoms with Crippen LogP contribution in [-0.4, -0.2) is 66.0 Å². The lowest BCUT2D eigenvalue weighted by Crippen LogP contribution is -2.55. The number of carbonyl (C=O) groups excluding carboxylic acids is 1. The van der Waals surface area contributed by atoms with Crippen molar-refractivity contribution in [3.8, 4) is 0 Å². The molecular formula is C27H39N3O2. The molecule has 0 aliphatic carbocycles. The monoisotopic (exact) mass is 437 g/mol. The Morgan fingerprint density at radius 3 is 2.16 bits per heavy atom. The molecule has 0 saturated carbocycles. The van der Waals surface area contributed by atoms with Crippen LogP contribution in [-0.2, 0) is 24.4 Å².